The van der Waals surface area contributed by atoms with Crippen molar-refractivity contribution in [1.82, 2.24) is 14.7 Å². The van der Waals surface area contributed by atoms with E-state index in [1.54, 1.807) is 53.4 Å². The van der Waals surface area contributed by atoms with Crippen LogP contribution in [0.4, 0.5) is 4.39 Å². The van der Waals surface area contributed by atoms with Gasteiger partial charge >= 0.3 is 0 Å². The topological polar surface area (TPSA) is 122 Å². The smallest absolute Gasteiger partial charge is 0.272 e. The first-order valence-electron chi connectivity index (χ1n) is 13.7. The number of amides is 2. The predicted octanol–water partition coefficient (Wildman–Crippen LogP) is 4.60. The number of hydrogen-bond donors (Lipinski definition) is 0. The Hall–Kier alpha value is -5.34. The molecular weight excluding hydrogens is 583 g/mol. The number of ether oxygens (including phenoxy) is 1. The van der Waals surface area contributed by atoms with Gasteiger partial charge in [-0.1, -0.05) is 30.3 Å². The zero-order valence-electron chi connectivity index (χ0n) is 23.5. The molecule has 1 unspecified atom stereocenters. The summed E-state index contributed by atoms with van der Waals surface area (Å²) in [5.41, 5.74) is 2.45. The van der Waals surface area contributed by atoms with Gasteiger partial charge in [-0.05, 0) is 66.6 Å². The number of sulfone groups is 1. The Labute approximate surface area is 253 Å². The average Bonchev–Trinajstić information content (AvgIpc) is 3.62. The van der Waals surface area contributed by atoms with Gasteiger partial charge in [0.1, 0.15) is 23.2 Å². The van der Waals surface area contributed by atoms with Crippen LogP contribution >= 0.6 is 0 Å². The summed E-state index contributed by atoms with van der Waals surface area (Å²) in [6, 6.07) is 22.6. The minimum absolute atomic E-state index is 0.0200. The van der Waals surface area contributed by atoms with Gasteiger partial charge in [0, 0.05) is 22.9 Å². The molecule has 2 amide bonds. The molecule has 3 aromatic carbocycles. The highest BCUT2D eigenvalue weighted by Gasteiger charge is 2.45. The zero-order chi connectivity index (χ0) is 31.0. The fourth-order valence-corrected chi connectivity index (χ4v) is 7.19. The molecule has 3 heterocycles. The Kier molecular flexibility index (Phi) is 7.45. The van der Waals surface area contributed by atoms with E-state index in [9.17, 15) is 27.7 Å². The largest absolute Gasteiger partial charge is 0.497 e. The average molecular weight is 609 g/mol. The number of para-hydroxylation sites is 1. The standard InChI is InChI=1S/C33H25FN4O5S/c1-43-27-13-9-21(10-14-27)30-28(32(39)38(33(40)29(30)18-35)26-15-16-44(41,42)20-26)17-23-19-37(25-5-3-2-4-6-25)36-31(23)22-7-11-24(34)12-8-22/h2-14,17,19,26H,15-16,20H2,1H3/b28-17-. The number of rotatable bonds is 6. The van der Waals surface area contributed by atoms with E-state index in [1.807, 2.05) is 36.4 Å². The van der Waals surface area contributed by atoms with E-state index >= 15 is 0 Å². The molecule has 0 N–H and O–H groups in total. The summed E-state index contributed by atoms with van der Waals surface area (Å²) in [6.07, 6.45) is 3.33. The maximum Gasteiger partial charge on any atom is 0.272 e. The molecule has 220 valence electrons. The molecule has 4 aromatic rings. The lowest BCUT2D eigenvalue weighted by atomic mass is 9.86. The number of halogens is 1. The van der Waals surface area contributed by atoms with Crippen LogP contribution in [0, 0.1) is 17.1 Å². The molecule has 1 saturated heterocycles. The summed E-state index contributed by atoms with van der Waals surface area (Å²) in [5.74, 6) is -2.00. The maximum absolute atomic E-state index is 14.3. The van der Waals surface area contributed by atoms with Gasteiger partial charge < -0.3 is 4.74 Å². The second-order valence-corrected chi connectivity index (χ2v) is 12.6. The van der Waals surface area contributed by atoms with Crippen molar-refractivity contribution in [3.8, 4) is 28.8 Å². The van der Waals surface area contributed by atoms with Crippen LogP contribution in [0.2, 0.25) is 0 Å². The third-order valence-electron chi connectivity index (χ3n) is 7.65. The highest BCUT2D eigenvalue weighted by atomic mass is 32.2. The molecule has 44 heavy (non-hydrogen) atoms. The first-order chi connectivity index (χ1) is 21.2. The minimum Gasteiger partial charge on any atom is -0.497 e. The van der Waals surface area contributed by atoms with Crippen LogP contribution < -0.4 is 4.74 Å². The van der Waals surface area contributed by atoms with Gasteiger partial charge in [0.25, 0.3) is 11.8 Å². The van der Waals surface area contributed by atoms with E-state index in [-0.39, 0.29) is 34.6 Å². The lowest BCUT2D eigenvalue weighted by molar-refractivity contribution is -0.142. The van der Waals surface area contributed by atoms with Gasteiger partial charge in [-0.25, -0.2) is 17.5 Å². The quantitative estimate of drug-likeness (QED) is 0.232. The lowest BCUT2D eigenvalue weighted by Crippen LogP contribution is -2.49. The fraction of sp³-hybridized carbons (Fsp3) is 0.152. The van der Waals surface area contributed by atoms with Gasteiger partial charge in [-0.15, -0.1) is 0 Å². The Bertz CT molecular complexity index is 1990. The van der Waals surface area contributed by atoms with Gasteiger partial charge in [-0.2, -0.15) is 10.4 Å². The SMILES string of the molecule is COc1ccc(C2=C(C#N)C(=O)N(C3CCS(=O)(=O)C3)C(=O)/C2=C\c2cn(-c3ccccc3)nc2-c2ccc(F)cc2)cc1. The summed E-state index contributed by atoms with van der Waals surface area (Å²) >= 11 is 0. The van der Waals surface area contributed by atoms with Crippen molar-refractivity contribution < 1.29 is 27.1 Å². The summed E-state index contributed by atoms with van der Waals surface area (Å²) in [5, 5.41) is 15.0. The lowest BCUT2D eigenvalue weighted by Gasteiger charge is -2.32. The Balaban J connectivity index is 1.59. The van der Waals surface area contributed by atoms with E-state index in [2.05, 4.69) is 0 Å². The maximum atomic E-state index is 14.3. The van der Waals surface area contributed by atoms with E-state index < -0.39 is 33.5 Å². The molecule has 9 nitrogen and oxygen atoms in total. The molecule has 2 aliphatic rings. The van der Waals surface area contributed by atoms with Crippen LogP contribution in [0.15, 0.2) is 96.2 Å². The fourth-order valence-electron chi connectivity index (χ4n) is 5.49. The number of aromatic nitrogens is 2. The molecular formula is C33H25FN4O5S. The normalized spacial score (nSPS) is 19.0. The molecule has 1 atom stereocenters. The van der Waals surface area contributed by atoms with Gasteiger partial charge in [0.2, 0.25) is 0 Å². The van der Waals surface area contributed by atoms with Crippen LogP contribution in [0.3, 0.4) is 0 Å². The highest BCUT2D eigenvalue weighted by Crippen LogP contribution is 2.38. The number of nitrogens with zero attached hydrogens (tertiary/aromatic N) is 4. The van der Waals surface area contributed by atoms with Gasteiger partial charge in [0.15, 0.2) is 9.84 Å². The molecule has 0 saturated carbocycles. The minimum atomic E-state index is -3.46. The number of benzene rings is 3. The van der Waals surface area contributed by atoms with E-state index in [0.29, 0.717) is 28.1 Å². The Morgan fingerprint density at radius 2 is 1.66 bits per heavy atom. The monoisotopic (exact) mass is 608 g/mol. The van der Waals surface area contributed by atoms with Crippen molar-refractivity contribution in [2.24, 2.45) is 0 Å². The second kappa shape index (κ2) is 11.4. The number of hydrogen-bond acceptors (Lipinski definition) is 7. The number of nitriles is 1. The van der Waals surface area contributed by atoms with Crippen molar-refractivity contribution in [3.05, 3.63) is 113 Å². The first kappa shape index (κ1) is 28.8. The molecule has 1 aromatic heterocycles. The highest BCUT2D eigenvalue weighted by molar-refractivity contribution is 7.91. The van der Waals surface area contributed by atoms with Crippen molar-refractivity contribution in [3.63, 3.8) is 0 Å². The summed E-state index contributed by atoms with van der Waals surface area (Å²) < 4.78 is 45.4. The molecule has 6 rings (SSSR count). The summed E-state index contributed by atoms with van der Waals surface area (Å²) in [7, 11) is -1.96. The molecule has 0 bridgehead atoms. The van der Waals surface area contributed by atoms with Gasteiger partial charge in [-0.3, -0.25) is 14.5 Å². The van der Waals surface area contributed by atoms with Crippen molar-refractivity contribution in [1.29, 1.82) is 5.26 Å². The molecule has 2 aliphatic heterocycles. The number of methoxy groups -OCH3 is 1. The van der Waals surface area contributed by atoms with Crippen LogP contribution in [0.5, 0.6) is 5.75 Å². The first-order valence-corrected chi connectivity index (χ1v) is 15.5. The summed E-state index contributed by atoms with van der Waals surface area (Å²) in [4.78, 5) is 28.9. The zero-order valence-corrected chi connectivity index (χ0v) is 24.3. The third kappa shape index (κ3) is 5.31. The number of carbonyl (C=O) groups excluding carboxylic acids is 2. The second-order valence-electron chi connectivity index (χ2n) is 10.4. The molecule has 11 heteroatoms. The van der Waals surface area contributed by atoms with Crippen molar-refractivity contribution in [2.75, 3.05) is 18.6 Å². The molecule has 0 radical (unpaired) electrons. The van der Waals surface area contributed by atoms with E-state index in [4.69, 9.17) is 9.84 Å². The predicted molar refractivity (Wildman–Crippen MR) is 161 cm³/mol. The molecule has 0 spiro atoms. The van der Waals surface area contributed by atoms with Crippen molar-refractivity contribution in [2.45, 2.75) is 12.5 Å². The van der Waals surface area contributed by atoms with E-state index in [1.165, 1.54) is 19.2 Å². The Morgan fingerprint density at radius 1 is 0.977 bits per heavy atom. The van der Waals surface area contributed by atoms with Crippen LogP contribution in [-0.4, -0.2) is 59.6 Å². The van der Waals surface area contributed by atoms with E-state index in [0.717, 1.165) is 10.6 Å². The van der Waals surface area contributed by atoms with Crippen LogP contribution in [0.1, 0.15) is 17.5 Å². The molecule has 1 fully saturated rings. The number of imide groups is 1. The van der Waals surface area contributed by atoms with Crippen LogP contribution in [-0.2, 0) is 19.4 Å². The van der Waals surface area contributed by atoms with Crippen LogP contribution in [0.25, 0.3) is 28.6 Å². The van der Waals surface area contributed by atoms with Gasteiger partial charge in [0.05, 0.1) is 41.6 Å². The molecule has 0 aliphatic carbocycles. The summed E-state index contributed by atoms with van der Waals surface area (Å²) in [6.45, 7) is 0. The Morgan fingerprint density at radius 3 is 2.27 bits per heavy atom. The number of carbonyl (C=O) groups is 2. The van der Waals surface area contributed by atoms with Crippen molar-refractivity contribution >= 4 is 33.3 Å². The third-order valence-corrected chi connectivity index (χ3v) is 9.40.